The SMILES string of the molecule is Cc1cn(/C(C=O)=C/C=C2/C(=O)N(C)CCN2C)cn1. The van der Waals surface area contributed by atoms with Gasteiger partial charge in [-0.3, -0.25) is 9.59 Å². The first-order valence-corrected chi connectivity index (χ1v) is 6.37. The Kier molecular flexibility index (Phi) is 4.02. The number of hydrogen-bond donors (Lipinski definition) is 0. The van der Waals surface area contributed by atoms with Crippen LogP contribution in [0.5, 0.6) is 0 Å². The van der Waals surface area contributed by atoms with Gasteiger partial charge in [0.1, 0.15) is 5.70 Å². The van der Waals surface area contributed by atoms with Crippen LogP contribution in [0.2, 0.25) is 0 Å². The number of carbonyl (C=O) groups is 2. The maximum atomic E-state index is 12.1. The van der Waals surface area contributed by atoms with Gasteiger partial charge < -0.3 is 14.4 Å². The minimum Gasteiger partial charge on any atom is -0.368 e. The number of aromatic nitrogens is 2. The Morgan fingerprint density at radius 1 is 1.30 bits per heavy atom. The quantitative estimate of drug-likeness (QED) is 0.595. The molecule has 0 aromatic carbocycles. The first kappa shape index (κ1) is 14.0. The molecule has 1 aliphatic rings. The molecule has 0 bridgehead atoms. The monoisotopic (exact) mass is 274 g/mol. The molecular weight excluding hydrogens is 256 g/mol. The molecule has 0 radical (unpaired) electrons. The third kappa shape index (κ3) is 2.79. The van der Waals surface area contributed by atoms with Gasteiger partial charge in [-0.05, 0) is 19.1 Å². The number of rotatable bonds is 3. The summed E-state index contributed by atoms with van der Waals surface area (Å²) in [6.45, 7) is 3.34. The molecule has 1 aliphatic heterocycles. The number of amides is 1. The highest BCUT2D eigenvalue weighted by Crippen LogP contribution is 2.13. The van der Waals surface area contributed by atoms with Crippen molar-refractivity contribution in [2.24, 2.45) is 0 Å². The van der Waals surface area contributed by atoms with Crippen LogP contribution < -0.4 is 0 Å². The Morgan fingerprint density at radius 3 is 2.60 bits per heavy atom. The number of carbonyl (C=O) groups excluding carboxylic acids is 2. The van der Waals surface area contributed by atoms with Crippen molar-refractivity contribution < 1.29 is 9.59 Å². The lowest BCUT2D eigenvalue weighted by molar-refractivity contribution is -0.129. The second-order valence-corrected chi connectivity index (χ2v) is 4.83. The van der Waals surface area contributed by atoms with Gasteiger partial charge in [0.05, 0.1) is 17.7 Å². The zero-order valence-electron chi connectivity index (χ0n) is 11.9. The van der Waals surface area contributed by atoms with Crippen LogP contribution in [0.25, 0.3) is 5.70 Å². The predicted molar refractivity (Wildman–Crippen MR) is 75.7 cm³/mol. The molecule has 2 heterocycles. The first-order valence-electron chi connectivity index (χ1n) is 6.37. The number of imidazole rings is 1. The second kappa shape index (κ2) is 5.73. The Labute approximate surface area is 118 Å². The van der Waals surface area contributed by atoms with Gasteiger partial charge in [0.2, 0.25) is 0 Å². The fraction of sp³-hybridized carbons (Fsp3) is 0.357. The molecule has 1 fully saturated rings. The van der Waals surface area contributed by atoms with Crippen molar-refractivity contribution in [1.29, 1.82) is 0 Å². The summed E-state index contributed by atoms with van der Waals surface area (Å²) in [4.78, 5) is 30.9. The van der Waals surface area contributed by atoms with Gasteiger partial charge in [-0.15, -0.1) is 0 Å². The van der Waals surface area contributed by atoms with Crippen LogP contribution in [-0.2, 0) is 9.59 Å². The summed E-state index contributed by atoms with van der Waals surface area (Å²) < 4.78 is 1.64. The van der Waals surface area contributed by atoms with E-state index in [1.54, 1.807) is 41.2 Å². The minimum absolute atomic E-state index is 0.0398. The molecule has 20 heavy (non-hydrogen) atoms. The normalized spacial score (nSPS) is 18.9. The first-order chi connectivity index (χ1) is 9.52. The summed E-state index contributed by atoms with van der Waals surface area (Å²) >= 11 is 0. The molecule has 106 valence electrons. The number of likely N-dealkylation sites (N-methyl/N-ethyl adjacent to an activating group) is 2. The molecule has 2 rings (SSSR count). The zero-order chi connectivity index (χ0) is 14.7. The van der Waals surface area contributed by atoms with Gasteiger partial charge in [-0.25, -0.2) is 4.98 Å². The van der Waals surface area contributed by atoms with Crippen LogP contribution in [0, 0.1) is 6.92 Å². The summed E-state index contributed by atoms with van der Waals surface area (Å²) in [7, 11) is 3.64. The van der Waals surface area contributed by atoms with Crippen LogP contribution in [-0.4, -0.2) is 58.7 Å². The Hall–Kier alpha value is -2.37. The molecule has 6 heteroatoms. The summed E-state index contributed by atoms with van der Waals surface area (Å²) in [5, 5.41) is 0. The van der Waals surface area contributed by atoms with Crippen molar-refractivity contribution in [1.82, 2.24) is 19.4 Å². The van der Waals surface area contributed by atoms with Crippen molar-refractivity contribution in [3.8, 4) is 0 Å². The molecule has 1 amide bonds. The molecule has 0 atom stereocenters. The average molecular weight is 274 g/mol. The van der Waals surface area contributed by atoms with Crippen LogP contribution in [0.3, 0.4) is 0 Å². The Bertz CT molecular complexity index is 586. The van der Waals surface area contributed by atoms with Gasteiger partial charge in [-0.1, -0.05) is 0 Å². The number of nitrogens with zero attached hydrogens (tertiary/aromatic N) is 4. The van der Waals surface area contributed by atoms with Crippen LogP contribution in [0.15, 0.2) is 30.4 Å². The minimum atomic E-state index is -0.0398. The lowest BCUT2D eigenvalue weighted by Gasteiger charge is -2.32. The second-order valence-electron chi connectivity index (χ2n) is 4.83. The van der Waals surface area contributed by atoms with E-state index in [0.29, 0.717) is 17.9 Å². The van der Waals surface area contributed by atoms with Crippen LogP contribution in [0.4, 0.5) is 0 Å². The largest absolute Gasteiger partial charge is 0.368 e. The van der Waals surface area contributed by atoms with Gasteiger partial charge in [0.15, 0.2) is 6.29 Å². The van der Waals surface area contributed by atoms with Crippen molar-refractivity contribution >= 4 is 17.9 Å². The average Bonchev–Trinajstić information content (AvgIpc) is 2.85. The standard InChI is InChI=1S/C14H18N4O2/c1-11-8-18(10-15-11)12(9-19)4-5-13-14(20)17(3)7-6-16(13)2/h4-5,8-10H,6-7H2,1-3H3/b12-4+,13-5-. The smallest absolute Gasteiger partial charge is 0.269 e. The number of aryl methyl sites for hydroxylation is 1. The van der Waals surface area contributed by atoms with E-state index in [9.17, 15) is 9.59 Å². The highest BCUT2D eigenvalue weighted by molar-refractivity contribution is 6.00. The summed E-state index contributed by atoms with van der Waals surface area (Å²) in [6, 6.07) is 0. The lowest BCUT2D eigenvalue weighted by atomic mass is 10.2. The third-order valence-corrected chi connectivity index (χ3v) is 3.29. The van der Waals surface area contributed by atoms with Crippen molar-refractivity contribution in [3.63, 3.8) is 0 Å². The molecule has 0 saturated carbocycles. The van der Waals surface area contributed by atoms with Gasteiger partial charge >= 0.3 is 0 Å². The fourth-order valence-corrected chi connectivity index (χ4v) is 1.99. The Balaban J connectivity index is 2.30. The lowest BCUT2D eigenvalue weighted by Crippen LogP contribution is -2.44. The molecule has 1 aromatic heterocycles. The van der Waals surface area contributed by atoms with E-state index in [-0.39, 0.29) is 5.91 Å². The highest BCUT2D eigenvalue weighted by Gasteiger charge is 2.23. The van der Waals surface area contributed by atoms with E-state index in [2.05, 4.69) is 4.98 Å². The number of hydrogen-bond acceptors (Lipinski definition) is 4. The van der Waals surface area contributed by atoms with Crippen molar-refractivity contribution in [3.05, 3.63) is 36.1 Å². The van der Waals surface area contributed by atoms with Crippen LogP contribution in [0.1, 0.15) is 5.69 Å². The van der Waals surface area contributed by atoms with E-state index >= 15 is 0 Å². The fourth-order valence-electron chi connectivity index (χ4n) is 1.99. The summed E-state index contributed by atoms with van der Waals surface area (Å²) in [5.41, 5.74) is 1.85. The molecule has 0 aliphatic carbocycles. The topological polar surface area (TPSA) is 58.4 Å². The predicted octanol–water partition coefficient (Wildman–Crippen LogP) is 0.519. The van der Waals surface area contributed by atoms with E-state index in [1.165, 1.54) is 0 Å². The summed E-state index contributed by atoms with van der Waals surface area (Å²) in [6.07, 6.45) is 7.40. The van der Waals surface area contributed by atoms with E-state index < -0.39 is 0 Å². The summed E-state index contributed by atoms with van der Waals surface area (Å²) in [5.74, 6) is -0.0398. The molecule has 0 N–H and O–H groups in total. The molecule has 0 spiro atoms. The Morgan fingerprint density at radius 2 is 2.00 bits per heavy atom. The zero-order valence-corrected chi connectivity index (χ0v) is 11.9. The van der Waals surface area contributed by atoms with Crippen LogP contribution >= 0.6 is 0 Å². The third-order valence-electron chi connectivity index (χ3n) is 3.29. The number of aldehydes is 1. The number of piperazine rings is 1. The molecule has 0 unspecified atom stereocenters. The van der Waals surface area contributed by atoms with E-state index in [4.69, 9.17) is 0 Å². The highest BCUT2D eigenvalue weighted by atomic mass is 16.2. The van der Waals surface area contributed by atoms with Gasteiger partial charge in [0, 0.05) is 33.4 Å². The van der Waals surface area contributed by atoms with Gasteiger partial charge in [-0.2, -0.15) is 0 Å². The molecular formula is C14H18N4O2. The van der Waals surface area contributed by atoms with Crippen molar-refractivity contribution in [2.45, 2.75) is 6.92 Å². The van der Waals surface area contributed by atoms with Crippen molar-refractivity contribution in [2.75, 3.05) is 27.2 Å². The van der Waals surface area contributed by atoms with E-state index in [0.717, 1.165) is 18.5 Å². The maximum Gasteiger partial charge on any atom is 0.269 e. The van der Waals surface area contributed by atoms with E-state index in [1.807, 2.05) is 18.9 Å². The van der Waals surface area contributed by atoms with Gasteiger partial charge in [0.25, 0.3) is 5.91 Å². The molecule has 1 saturated heterocycles. The molecule has 6 nitrogen and oxygen atoms in total. The molecule has 1 aromatic rings. The maximum absolute atomic E-state index is 12.1. The number of allylic oxidation sites excluding steroid dienone is 3.